The SMILES string of the molecule is CCC(NCc1c(F)cccc1Cl)C1CC1. The second-order valence-electron chi connectivity index (χ2n) is 4.43. The first-order valence-corrected chi connectivity index (χ1v) is 6.26. The van der Waals surface area contributed by atoms with Crippen LogP contribution in [0.1, 0.15) is 31.7 Å². The summed E-state index contributed by atoms with van der Waals surface area (Å²) < 4.78 is 13.5. The van der Waals surface area contributed by atoms with Crippen LogP contribution in [0.15, 0.2) is 18.2 Å². The molecule has 1 aromatic rings. The second kappa shape index (κ2) is 5.15. The fraction of sp³-hybridized carbons (Fsp3) is 0.538. The summed E-state index contributed by atoms with van der Waals surface area (Å²) >= 11 is 5.97. The van der Waals surface area contributed by atoms with Gasteiger partial charge in [0, 0.05) is 23.2 Å². The van der Waals surface area contributed by atoms with Gasteiger partial charge >= 0.3 is 0 Å². The Labute approximate surface area is 101 Å². The van der Waals surface area contributed by atoms with Gasteiger partial charge in [-0.25, -0.2) is 4.39 Å². The zero-order valence-electron chi connectivity index (χ0n) is 9.47. The van der Waals surface area contributed by atoms with E-state index in [0.717, 1.165) is 12.3 Å². The maximum atomic E-state index is 13.5. The molecule has 1 aromatic carbocycles. The van der Waals surface area contributed by atoms with Crippen molar-refractivity contribution >= 4 is 11.6 Å². The Balaban J connectivity index is 1.98. The summed E-state index contributed by atoms with van der Waals surface area (Å²) in [5.41, 5.74) is 0.586. The molecule has 88 valence electrons. The van der Waals surface area contributed by atoms with Crippen LogP contribution in [0, 0.1) is 11.7 Å². The lowest BCUT2D eigenvalue weighted by molar-refractivity contribution is 0.443. The van der Waals surface area contributed by atoms with Crippen LogP contribution >= 0.6 is 11.6 Å². The number of halogens is 2. The van der Waals surface area contributed by atoms with Crippen molar-refractivity contribution in [1.82, 2.24) is 5.32 Å². The molecule has 1 fully saturated rings. The molecule has 1 unspecified atom stereocenters. The molecular formula is C13H17ClFN. The molecule has 1 N–H and O–H groups in total. The molecule has 1 aliphatic rings. The van der Waals surface area contributed by atoms with Gasteiger partial charge in [0.25, 0.3) is 0 Å². The van der Waals surface area contributed by atoms with E-state index in [-0.39, 0.29) is 5.82 Å². The quantitative estimate of drug-likeness (QED) is 0.828. The first kappa shape index (κ1) is 11.9. The molecule has 0 radical (unpaired) electrons. The van der Waals surface area contributed by atoms with Crippen LogP contribution in [-0.4, -0.2) is 6.04 Å². The molecule has 1 nitrogen and oxygen atoms in total. The highest BCUT2D eigenvalue weighted by Crippen LogP contribution is 2.34. The number of benzene rings is 1. The van der Waals surface area contributed by atoms with Crippen LogP contribution in [-0.2, 0) is 6.54 Å². The Bertz CT molecular complexity index is 343. The van der Waals surface area contributed by atoms with Gasteiger partial charge in [-0.15, -0.1) is 0 Å². The molecule has 1 aliphatic carbocycles. The fourth-order valence-electron chi connectivity index (χ4n) is 2.08. The summed E-state index contributed by atoms with van der Waals surface area (Å²) in [4.78, 5) is 0. The van der Waals surface area contributed by atoms with Gasteiger partial charge < -0.3 is 5.32 Å². The maximum absolute atomic E-state index is 13.5. The Morgan fingerprint density at radius 1 is 1.50 bits per heavy atom. The lowest BCUT2D eigenvalue weighted by atomic mass is 10.1. The number of nitrogens with one attached hydrogen (secondary N) is 1. The predicted octanol–water partition coefficient (Wildman–Crippen LogP) is 3.76. The van der Waals surface area contributed by atoms with E-state index in [9.17, 15) is 4.39 Å². The average Bonchev–Trinajstić information content (AvgIpc) is 3.07. The van der Waals surface area contributed by atoms with Crippen molar-refractivity contribution in [3.8, 4) is 0 Å². The molecule has 16 heavy (non-hydrogen) atoms. The third-order valence-electron chi connectivity index (χ3n) is 3.23. The summed E-state index contributed by atoms with van der Waals surface area (Å²) in [5, 5.41) is 3.92. The van der Waals surface area contributed by atoms with E-state index in [1.165, 1.54) is 18.9 Å². The minimum absolute atomic E-state index is 0.217. The Kier molecular flexibility index (Phi) is 3.82. The zero-order chi connectivity index (χ0) is 11.5. The highest BCUT2D eigenvalue weighted by Gasteiger charge is 2.29. The summed E-state index contributed by atoms with van der Waals surface area (Å²) in [7, 11) is 0. The van der Waals surface area contributed by atoms with E-state index in [1.54, 1.807) is 12.1 Å². The highest BCUT2D eigenvalue weighted by molar-refractivity contribution is 6.31. The number of hydrogen-bond donors (Lipinski definition) is 1. The summed E-state index contributed by atoms with van der Waals surface area (Å²) in [6, 6.07) is 5.34. The third-order valence-corrected chi connectivity index (χ3v) is 3.59. The third kappa shape index (κ3) is 2.74. The van der Waals surface area contributed by atoms with E-state index in [0.29, 0.717) is 23.2 Å². The molecule has 0 aromatic heterocycles. The highest BCUT2D eigenvalue weighted by atomic mass is 35.5. The van der Waals surface area contributed by atoms with E-state index in [2.05, 4.69) is 12.2 Å². The largest absolute Gasteiger partial charge is 0.309 e. The van der Waals surface area contributed by atoms with Crippen LogP contribution in [0.25, 0.3) is 0 Å². The first-order chi connectivity index (χ1) is 7.72. The van der Waals surface area contributed by atoms with Crippen molar-refractivity contribution in [3.05, 3.63) is 34.6 Å². The smallest absolute Gasteiger partial charge is 0.129 e. The van der Waals surface area contributed by atoms with Crippen molar-refractivity contribution in [2.24, 2.45) is 5.92 Å². The van der Waals surface area contributed by atoms with Crippen LogP contribution in [0.2, 0.25) is 5.02 Å². The lowest BCUT2D eigenvalue weighted by Gasteiger charge is -2.16. The van der Waals surface area contributed by atoms with E-state index >= 15 is 0 Å². The molecule has 0 heterocycles. The predicted molar refractivity (Wildman–Crippen MR) is 65.1 cm³/mol. The van der Waals surface area contributed by atoms with Crippen LogP contribution in [0.3, 0.4) is 0 Å². The molecule has 1 saturated carbocycles. The topological polar surface area (TPSA) is 12.0 Å². The van der Waals surface area contributed by atoms with Gasteiger partial charge in [0.2, 0.25) is 0 Å². The standard InChI is InChI=1S/C13H17ClFN/c1-2-13(9-6-7-9)16-8-10-11(14)4-3-5-12(10)15/h3-5,9,13,16H,2,6-8H2,1H3. The van der Waals surface area contributed by atoms with Gasteiger partial charge in [0.15, 0.2) is 0 Å². The van der Waals surface area contributed by atoms with Crippen molar-refractivity contribution < 1.29 is 4.39 Å². The van der Waals surface area contributed by atoms with Crippen molar-refractivity contribution in [2.45, 2.75) is 38.8 Å². The Morgan fingerprint density at radius 3 is 2.81 bits per heavy atom. The molecule has 2 rings (SSSR count). The Morgan fingerprint density at radius 2 is 2.25 bits per heavy atom. The van der Waals surface area contributed by atoms with E-state index < -0.39 is 0 Å². The minimum Gasteiger partial charge on any atom is -0.309 e. The number of hydrogen-bond acceptors (Lipinski definition) is 1. The lowest BCUT2D eigenvalue weighted by Crippen LogP contribution is -2.30. The summed E-state index contributed by atoms with van der Waals surface area (Å²) in [6.07, 6.45) is 3.70. The van der Waals surface area contributed by atoms with Crippen molar-refractivity contribution in [3.63, 3.8) is 0 Å². The van der Waals surface area contributed by atoms with Gasteiger partial charge in [-0.05, 0) is 37.3 Å². The number of rotatable bonds is 5. The maximum Gasteiger partial charge on any atom is 0.129 e. The molecule has 1 atom stereocenters. The Hall–Kier alpha value is -0.600. The normalized spacial score (nSPS) is 17.4. The molecular weight excluding hydrogens is 225 g/mol. The molecule has 0 bridgehead atoms. The van der Waals surface area contributed by atoms with Gasteiger partial charge in [-0.2, -0.15) is 0 Å². The van der Waals surface area contributed by atoms with Gasteiger partial charge in [0.05, 0.1) is 0 Å². The van der Waals surface area contributed by atoms with Crippen LogP contribution in [0.4, 0.5) is 4.39 Å². The van der Waals surface area contributed by atoms with Gasteiger partial charge in [0.1, 0.15) is 5.82 Å². The molecule has 0 aliphatic heterocycles. The molecule has 0 spiro atoms. The first-order valence-electron chi connectivity index (χ1n) is 5.88. The summed E-state index contributed by atoms with van der Waals surface area (Å²) in [5.74, 6) is 0.571. The van der Waals surface area contributed by atoms with E-state index in [1.807, 2.05) is 0 Å². The average molecular weight is 242 g/mol. The van der Waals surface area contributed by atoms with Crippen LogP contribution < -0.4 is 5.32 Å². The molecule has 0 saturated heterocycles. The monoisotopic (exact) mass is 241 g/mol. The van der Waals surface area contributed by atoms with Gasteiger partial charge in [-0.3, -0.25) is 0 Å². The van der Waals surface area contributed by atoms with Crippen molar-refractivity contribution in [1.29, 1.82) is 0 Å². The molecule has 3 heteroatoms. The van der Waals surface area contributed by atoms with Crippen LogP contribution in [0.5, 0.6) is 0 Å². The van der Waals surface area contributed by atoms with Crippen molar-refractivity contribution in [2.75, 3.05) is 0 Å². The summed E-state index contributed by atoms with van der Waals surface area (Å²) in [6.45, 7) is 2.69. The zero-order valence-corrected chi connectivity index (χ0v) is 10.2. The molecule has 0 amide bonds. The second-order valence-corrected chi connectivity index (χ2v) is 4.84. The minimum atomic E-state index is -0.217. The van der Waals surface area contributed by atoms with Gasteiger partial charge in [-0.1, -0.05) is 24.6 Å². The van der Waals surface area contributed by atoms with E-state index in [4.69, 9.17) is 11.6 Å². The fourth-order valence-corrected chi connectivity index (χ4v) is 2.31.